The molecule has 4 aromatic rings. The topological polar surface area (TPSA) is 76.2 Å². The Labute approximate surface area is 233 Å². The average molecular weight is 542 g/mol. The highest BCUT2D eigenvalue weighted by atomic mass is 19.1. The average Bonchev–Trinajstić information content (AvgIpc) is 3.85. The summed E-state index contributed by atoms with van der Waals surface area (Å²) in [5.41, 5.74) is 2.74. The van der Waals surface area contributed by atoms with Gasteiger partial charge in [-0.15, -0.1) is 0 Å². The Morgan fingerprint density at radius 2 is 1.90 bits per heavy atom. The minimum atomic E-state index is -0.945. The van der Waals surface area contributed by atoms with Gasteiger partial charge in [-0.2, -0.15) is 0 Å². The van der Waals surface area contributed by atoms with Crippen molar-refractivity contribution in [3.8, 4) is 11.5 Å². The summed E-state index contributed by atoms with van der Waals surface area (Å²) in [7, 11) is 1.84. The first kappa shape index (κ1) is 24.5. The molecule has 1 N–H and O–H groups in total. The lowest BCUT2D eigenvalue weighted by atomic mass is 9.95. The molecule has 4 atom stereocenters. The summed E-state index contributed by atoms with van der Waals surface area (Å²) in [5, 5.41) is 12.2. The Morgan fingerprint density at radius 3 is 2.58 bits per heavy atom. The fourth-order valence-corrected chi connectivity index (χ4v) is 7.55. The van der Waals surface area contributed by atoms with E-state index in [2.05, 4.69) is 17.6 Å². The zero-order valence-corrected chi connectivity index (χ0v) is 23.4. The molecule has 1 saturated heterocycles. The lowest BCUT2D eigenvalue weighted by molar-refractivity contribution is 0.0289. The maximum atomic E-state index is 15.7. The normalized spacial score (nSPS) is 25.8. The quantitative estimate of drug-likeness (QED) is 0.343. The number of likely N-dealkylation sites (tertiary alicyclic amines) is 1. The van der Waals surface area contributed by atoms with Crippen LogP contribution in [0.1, 0.15) is 68.4 Å². The molecule has 0 radical (unpaired) electrons. The molecule has 3 saturated carbocycles. The fraction of sp³-hybridized carbons (Fsp3) is 0.531. The van der Waals surface area contributed by atoms with Gasteiger partial charge in [0.1, 0.15) is 22.6 Å². The summed E-state index contributed by atoms with van der Waals surface area (Å²) in [6, 6.07) is 9.45. The smallest absolute Gasteiger partial charge is 0.254 e. The molecule has 208 valence electrons. The molecule has 7 nitrogen and oxygen atoms in total. The number of carbonyl (C=O) groups excluding carboxylic acids is 1. The van der Waals surface area contributed by atoms with Gasteiger partial charge in [0.2, 0.25) is 0 Å². The zero-order valence-electron chi connectivity index (χ0n) is 23.4. The van der Waals surface area contributed by atoms with E-state index < -0.39 is 11.4 Å². The van der Waals surface area contributed by atoms with Crippen LogP contribution in [-0.4, -0.2) is 47.6 Å². The van der Waals surface area contributed by atoms with Crippen molar-refractivity contribution in [3.63, 3.8) is 0 Å². The van der Waals surface area contributed by atoms with E-state index in [-0.39, 0.29) is 17.9 Å². The molecule has 8 rings (SSSR count). The predicted molar refractivity (Wildman–Crippen MR) is 151 cm³/mol. The number of halogens is 1. The van der Waals surface area contributed by atoms with Crippen LogP contribution in [0.3, 0.4) is 0 Å². The Morgan fingerprint density at radius 1 is 1.10 bits per heavy atom. The second kappa shape index (κ2) is 8.38. The van der Waals surface area contributed by atoms with Crippen molar-refractivity contribution in [2.75, 3.05) is 6.54 Å². The van der Waals surface area contributed by atoms with E-state index in [0.29, 0.717) is 45.9 Å². The number of hydrogen-bond donors (Lipinski definition) is 1. The van der Waals surface area contributed by atoms with Crippen LogP contribution in [0.2, 0.25) is 0 Å². The van der Waals surface area contributed by atoms with Crippen molar-refractivity contribution in [2.45, 2.75) is 70.6 Å². The van der Waals surface area contributed by atoms with Crippen molar-refractivity contribution in [1.82, 2.24) is 24.0 Å². The van der Waals surface area contributed by atoms with Crippen molar-refractivity contribution >= 4 is 28.0 Å². The molecule has 40 heavy (non-hydrogen) atoms. The van der Waals surface area contributed by atoms with E-state index in [4.69, 9.17) is 9.97 Å². The van der Waals surface area contributed by atoms with Gasteiger partial charge in [-0.05, 0) is 99.5 Å². The summed E-state index contributed by atoms with van der Waals surface area (Å²) in [6.45, 7) is 5.68. The monoisotopic (exact) mass is 541 g/mol. The van der Waals surface area contributed by atoms with Gasteiger partial charge in [-0.25, -0.2) is 14.4 Å². The summed E-state index contributed by atoms with van der Waals surface area (Å²) in [4.78, 5) is 25.4. The van der Waals surface area contributed by atoms with Crippen LogP contribution in [-0.2, 0) is 19.2 Å². The first-order chi connectivity index (χ1) is 19.2. The standard InChI is InChI=1S/C32H36FN5O2/c1-17-20-6-10-25(17)38(16-20)31(39)21-12-23(33)28-24(13-21)34-30(36(28)3)26-14-19-7-11-27(32(2,40)22-8-9-22)35-29(19)37(26)15-18-4-5-18/h7,11-14,17-18,20,22,25,40H,4-6,8-10,15-16H2,1-3H3. The molecule has 2 bridgehead atoms. The van der Waals surface area contributed by atoms with E-state index in [0.717, 1.165) is 49.1 Å². The van der Waals surface area contributed by atoms with E-state index in [9.17, 15) is 9.90 Å². The SMILES string of the molecule is CC1C2CCC1N(C(=O)c1cc(F)c3c(c1)nc(-c1cc4ccc(C(C)(O)C5CC5)nc4n1CC1CC1)n3C)C2. The number of amides is 1. The third-order valence-corrected chi connectivity index (χ3v) is 10.4. The molecule has 1 amide bonds. The number of pyridine rings is 1. The van der Waals surface area contributed by atoms with Crippen molar-refractivity contribution < 1.29 is 14.3 Å². The van der Waals surface area contributed by atoms with Crippen molar-refractivity contribution in [2.24, 2.45) is 30.7 Å². The highest BCUT2D eigenvalue weighted by molar-refractivity contribution is 5.98. The fourth-order valence-electron chi connectivity index (χ4n) is 7.55. The molecule has 4 aliphatic rings. The number of fused-ring (bicyclic) bond motifs is 4. The second-order valence-corrected chi connectivity index (χ2v) is 13.2. The van der Waals surface area contributed by atoms with Crippen LogP contribution in [0.4, 0.5) is 4.39 Å². The van der Waals surface area contributed by atoms with Gasteiger partial charge in [-0.3, -0.25) is 4.79 Å². The minimum absolute atomic E-state index is 0.0886. The van der Waals surface area contributed by atoms with Gasteiger partial charge < -0.3 is 19.1 Å². The molecular formula is C32H36FN5O2. The minimum Gasteiger partial charge on any atom is -0.384 e. The van der Waals surface area contributed by atoms with Crippen LogP contribution in [0.5, 0.6) is 0 Å². The van der Waals surface area contributed by atoms with Gasteiger partial charge in [0.15, 0.2) is 5.82 Å². The van der Waals surface area contributed by atoms with Crippen molar-refractivity contribution in [1.29, 1.82) is 0 Å². The summed E-state index contributed by atoms with van der Waals surface area (Å²) < 4.78 is 19.7. The van der Waals surface area contributed by atoms with Crippen LogP contribution < -0.4 is 0 Å². The van der Waals surface area contributed by atoms with Gasteiger partial charge in [0.05, 0.1) is 16.9 Å². The molecule has 0 spiro atoms. The number of benzene rings is 1. The molecule has 4 fully saturated rings. The molecule has 4 unspecified atom stereocenters. The Balaban J connectivity index is 1.22. The molecular weight excluding hydrogens is 505 g/mol. The van der Waals surface area contributed by atoms with Crippen LogP contribution in [0.15, 0.2) is 30.3 Å². The van der Waals surface area contributed by atoms with E-state index in [1.165, 1.54) is 25.3 Å². The van der Waals surface area contributed by atoms with Gasteiger partial charge >= 0.3 is 0 Å². The molecule has 3 aliphatic carbocycles. The number of hydrogen-bond acceptors (Lipinski definition) is 4. The highest BCUT2D eigenvalue weighted by Crippen LogP contribution is 2.46. The van der Waals surface area contributed by atoms with Crippen molar-refractivity contribution in [3.05, 3.63) is 47.4 Å². The lowest BCUT2D eigenvalue weighted by Gasteiger charge is -2.27. The van der Waals surface area contributed by atoms with Crippen LogP contribution in [0.25, 0.3) is 33.6 Å². The molecule has 4 heterocycles. The molecule has 3 aromatic heterocycles. The predicted octanol–water partition coefficient (Wildman–Crippen LogP) is 5.63. The third kappa shape index (κ3) is 3.60. The van der Waals surface area contributed by atoms with Crippen LogP contribution >= 0.6 is 0 Å². The summed E-state index contributed by atoms with van der Waals surface area (Å²) in [6.07, 6.45) is 6.61. The number of aromatic nitrogens is 4. The number of rotatable bonds is 6. The van der Waals surface area contributed by atoms with Gasteiger partial charge in [-0.1, -0.05) is 6.92 Å². The number of nitrogens with zero attached hydrogens (tertiary/aromatic N) is 5. The molecule has 1 aliphatic heterocycles. The van der Waals surface area contributed by atoms with Gasteiger partial charge in [0, 0.05) is 37.1 Å². The Bertz CT molecular complexity index is 1690. The van der Waals surface area contributed by atoms with Gasteiger partial charge in [0.25, 0.3) is 5.91 Å². The number of carbonyl (C=O) groups is 1. The highest BCUT2D eigenvalue weighted by Gasteiger charge is 2.46. The summed E-state index contributed by atoms with van der Waals surface area (Å²) >= 11 is 0. The maximum Gasteiger partial charge on any atom is 0.254 e. The zero-order chi connectivity index (χ0) is 27.5. The summed E-state index contributed by atoms with van der Waals surface area (Å²) in [5.74, 6) is 2.04. The Hall–Kier alpha value is -3.26. The number of piperidine rings is 1. The molecule has 8 heteroatoms. The van der Waals surface area contributed by atoms with E-state index >= 15 is 4.39 Å². The molecule has 1 aromatic carbocycles. The largest absolute Gasteiger partial charge is 0.384 e. The third-order valence-electron chi connectivity index (χ3n) is 10.4. The maximum absolute atomic E-state index is 15.7. The number of aliphatic hydroxyl groups is 1. The van der Waals surface area contributed by atoms with E-state index in [1.807, 2.05) is 31.0 Å². The lowest BCUT2D eigenvalue weighted by Crippen LogP contribution is -2.38. The first-order valence-electron chi connectivity index (χ1n) is 14.9. The number of aryl methyl sites for hydroxylation is 1. The second-order valence-electron chi connectivity index (χ2n) is 13.2. The number of imidazole rings is 1. The Kier molecular flexibility index (Phi) is 5.14. The van der Waals surface area contributed by atoms with Crippen LogP contribution in [0, 0.1) is 29.5 Å². The first-order valence-corrected chi connectivity index (χ1v) is 14.9. The van der Waals surface area contributed by atoms with E-state index in [1.54, 1.807) is 10.6 Å².